The molecule has 3 heterocycles. The van der Waals surface area contributed by atoms with Crippen LogP contribution in [0.25, 0.3) is 11.2 Å². The molecule has 0 amide bonds. The summed E-state index contributed by atoms with van der Waals surface area (Å²) in [5, 5.41) is 28.7. The fourth-order valence-electron chi connectivity index (χ4n) is 3.35. The number of aromatic nitrogens is 4. The van der Waals surface area contributed by atoms with Gasteiger partial charge in [-0.15, -0.1) is 0 Å². The van der Waals surface area contributed by atoms with Crippen LogP contribution < -0.4 is 19.9 Å². The summed E-state index contributed by atoms with van der Waals surface area (Å²) in [6.45, 7) is 0.547. The molecule has 0 bridgehead atoms. The third kappa shape index (κ3) is 4.95. The average molecular weight is 465 g/mol. The number of nitrogens with two attached hydrogens (primary N) is 1. The van der Waals surface area contributed by atoms with Crippen LogP contribution in [-0.2, 0) is 14.9 Å². The Morgan fingerprint density at radius 2 is 1.94 bits per heavy atom. The number of hydrogen-bond acceptors (Lipinski definition) is 10. The van der Waals surface area contributed by atoms with E-state index in [2.05, 4.69) is 20.3 Å². The molecule has 4 atom stereocenters. The molecule has 3 aromatic rings. The maximum atomic E-state index is 11.1. The number of nitrogens with one attached hydrogen (secondary N) is 2. The number of anilines is 1. The van der Waals surface area contributed by atoms with Crippen molar-refractivity contribution in [2.45, 2.75) is 24.5 Å². The van der Waals surface area contributed by atoms with E-state index in [1.165, 1.54) is 17.2 Å². The Balaban J connectivity index is 1.44. The van der Waals surface area contributed by atoms with Crippen LogP contribution in [0.4, 0.5) is 5.82 Å². The van der Waals surface area contributed by atoms with E-state index < -0.39 is 34.7 Å². The van der Waals surface area contributed by atoms with Gasteiger partial charge in [-0.2, -0.15) is 13.1 Å². The minimum absolute atomic E-state index is 0.302. The lowest BCUT2D eigenvalue weighted by Gasteiger charge is -2.16. The molecule has 1 saturated heterocycles. The Labute approximate surface area is 183 Å². The smallest absolute Gasteiger partial charge is 0.274 e. The summed E-state index contributed by atoms with van der Waals surface area (Å²) in [7, 11) is -3.97. The Hall–Kier alpha value is -2.88. The standard InChI is InChI=1S/C18H23N7O6S/c19-32(28,29)24-8-12-14(26)15(27)18(31-12)25-10-23-13-16(21-9-22-17(13)25)20-6-7-30-11-4-2-1-3-5-11/h1-5,9-10,12,14-15,18,24,26-27H,6-8H2,(H2,19,28,29)(H,20,21,22)/t12-,14-,15-,18-/m1/s1. The van der Waals surface area contributed by atoms with Crippen LogP contribution in [0, 0.1) is 0 Å². The van der Waals surface area contributed by atoms with E-state index in [4.69, 9.17) is 14.6 Å². The summed E-state index contributed by atoms with van der Waals surface area (Å²) >= 11 is 0. The number of nitrogens with zero attached hydrogens (tertiary/aromatic N) is 4. The van der Waals surface area contributed by atoms with Crippen LogP contribution >= 0.6 is 0 Å². The Kier molecular flexibility index (Phi) is 6.50. The van der Waals surface area contributed by atoms with E-state index in [-0.39, 0.29) is 6.54 Å². The third-order valence-electron chi connectivity index (χ3n) is 4.86. The third-order valence-corrected chi connectivity index (χ3v) is 5.43. The molecular formula is C18H23N7O6S. The predicted octanol–water partition coefficient (Wildman–Crippen LogP) is -1.27. The zero-order valence-corrected chi connectivity index (χ0v) is 17.6. The molecule has 0 spiro atoms. The highest BCUT2D eigenvalue weighted by molar-refractivity contribution is 7.87. The monoisotopic (exact) mass is 465 g/mol. The van der Waals surface area contributed by atoms with Gasteiger partial charge in [0.05, 0.1) is 12.9 Å². The Bertz CT molecular complexity index is 1160. The van der Waals surface area contributed by atoms with Gasteiger partial charge in [-0.1, -0.05) is 18.2 Å². The van der Waals surface area contributed by atoms with Crippen LogP contribution in [0.2, 0.25) is 0 Å². The number of benzene rings is 1. The van der Waals surface area contributed by atoms with Crippen molar-refractivity contribution in [3.05, 3.63) is 43.0 Å². The van der Waals surface area contributed by atoms with Gasteiger partial charge < -0.3 is 25.0 Å². The Morgan fingerprint density at radius 1 is 1.16 bits per heavy atom. The van der Waals surface area contributed by atoms with Gasteiger partial charge in [-0.05, 0) is 12.1 Å². The first-order chi connectivity index (χ1) is 15.3. The molecular weight excluding hydrogens is 442 g/mol. The highest BCUT2D eigenvalue weighted by Gasteiger charge is 2.44. The van der Waals surface area contributed by atoms with Gasteiger partial charge in [0.1, 0.15) is 37.0 Å². The largest absolute Gasteiger partial charge is 0.492 e. The second-order valence-corrected chi connectivity index (χ2v) is 8.45. The molecule has 172 valence electrons. The van der Waals surface area contributed by atoms with E-state index in [1.54, 1.807) is 0 Å². The average Bonchev–Trinajstić information content (AvgIpc) is 3.32. The second-order valence-electron chi connectivity index (χ2n) is 7.07. The van der Waals surface area contributed by atoms with Crippen molar-refractivity contribution in [2.75, 3.05) is 25.0 Å². The zero-order valence-electron chi connectivity index (χ0n) is 16.8. The van der Waals surface area contributed by atoms with Crippen LogP contribution in [0.3, 0.4) is 0 Å². The number of ether oxygens (including phenoxy) is 2. The second kappa shape index (κ2) is 9.32. The van der Waals surface area contributed by atoms with E-state index in [9.17, 15) is 18.6 Å². The van der Waals surface area contributed by atoms with Crippen LogP contribution in [0.5, 0.6) is 5.75 Å². The van der Waals surface area contributed by atoms with Crippen molar-refractivity contribution >= 4 is 27.2 Å². The van der Waals surface area contributed by atoms with E-state index in [0.29, 0.717) is 30.1 Å². The zero-order chi connectivity index (χ0) is 22.7. The van der Waals surface area contributed by atoms with E-state index in [1.807, 2.05) is 35.1 Å². The highest BCUT2D eigenvalue weighted by Crippen LogP contribution is 2.32. The number of para-hydroxylation sites is 1. The number of imidazole rings is 1. The van der Waals surface area contributed by atoms with Gasteiger partial charge in [0.2, 0.25) is 0 Å². The maximum Gasteiger partial charge on any atom is 0.274 e. The molecule has 1 aliphatic heterocycles. The van der Waals surface area contributed by atoms with Gasteiger partial charge >= 0.3 is 0 Å². The molecule has 1 aromatic carbocycles. The van der Waals surface area contributed by atoms with Gasteiger partial charge in [0, 0.05) is 6.54 Å². The summed E-state index contributed by atoms with van der Waals surface area (Å²) in [4.78, 5) is 12.7. The lowest BCUT2D eigenvalue weighted by molar-refractivity contribution is -0.0330. The van der Waals surface area contributed by atoms with Crippen molar-refractivity contribution in [1.82, 2.24) is 24.2 Å². The molecule has 32 heavy (non-hydrogen) atoms. The lowest BCUT2D eigenvalue weighted by atomic mass is 10.1. The van der Waals surface area contributed by atoms with Crippen molar-refractivity contribution in [3.8, 4) is 5.75 Å². The van der Waals surface area contributed by atoms with E-state index >= 15 is 0 Å². The molecule has 1 fully saturated rings. The summed E-state index contributed by atoms with van der Waals surface area (Å²) < 4.78 is 37.0. The minimum atomic E-state index is -3.97. The molecule has 4 rings (SSSR count). The molecule has 0 saturated carbocycles. The first-order valence-electron chi connectivity index (χ1n) is 9.72. The van der Waals surface area contributed by atoms with Crippen LogP contribution in [-0.4, -0.2) is 76.2 Å². The first-order valence-corrected chi connectivity index (χ1v) is 11.3. The van der Waals surface area contributed by atoms with Crippen molar-refractivity contribution in [2.24, 2.45) is 5.14 Å². The number of rotatable bonds is 9. The number of fused-ring (bicyclic) bond motifs is 1. The minimum Gasteiger partial charge on any atom is -0.492 e. The quantitative estimate of drug-likeness (QED) is 0.238. The van der Waals surface area contributed by atoms with Gasteiger partial charge in [0.25, 0.3) is 10.2 Å². The number of aliphatic hydroxyl groups is 2. The van der Waals surface area contributed by atoms with Crippen molar-refractivity contribution in [3.63, 3.8) is 0 Å². The van der Waals surface area contributed by atoms with Crippen molar-refractivity contribution in [1.29, 1.82) is 0 Å². The molecule has 6 N–H and O–H groups in total. The molecule has 0 aliphatic carbocycles. The molecule has 14 heteroatoms. The molecule has 1 aliphatic rings. The topological polar surface area (TPSA) is 187 Å². The first kappa shape index (κ1) is 22.3. The molecule has 13 nitrogen and oxygen atoms in total. The lowest BCUT2D eigenvalue weighted by Crippen LogP contribution is -2.42. The number of aliphatic hydroxyl groups excluding tert-OH is 2. The highest BCUT2D eigenvalue weighted by atomic mass is 32.2. The van der Waals surface area contributed by atoms with Gasteiger partial charge in [-0.25, -0.2) is 20.1 Å². The van der Waals surface area contributed by atoms with Crippen LogP contribution in [0.15, 0.2) is 43.0 Å². The summed E-state index contributed by atoms with van der Waals surface area (Å²) in [5.41, 5.74) is 0.798. The summed E-state index contributed by atoms with van der Waals surface area (Å²) in [6, 6.07) is 9.39. The van der Waals surface area contributed by atoms with E-state index in [0.717, 1.165) is 5.75 Å². The fraction of sp³-hybridized carbons (Fsp3) is 0.389. The normalized spacial score (nSPS) is 23.5. The maximum absolute atomic E-state index is 11.1. The fourth-order valence-corrected chi connectivity index (χ4v) is 3.75. The molecule has 2 aromatic heterocycles. The van der Waals surface area contributed by atoms with Gasteiger partial charge in [-0.3, -0.25) is 4.57 Å². The summed E-state index contributed by atoms with van der Waals surface area (Å²) in [5.74, 6) is 1.22. The van der Waals surface area contributed by atoms with Gasteiger partial charge in [0.15, 0.2) is 23.2 Å². The predicted molar refractivity (Wildman–Crippen MR) is 113 cm³/mol. The van der Waals surface area contributed by atoms with Crippen LogP contribution in [0.1, 0.15) is 6.23 Å². The van der Waals surface area contributed by atoms with Crippen molar-refractivity contribution < 1.29 is 28.1 Å². The Morgan fingerprint density at radius 3 is 2.69 bits per heavy atom. The number of hydrogen-bond donors (Lipinski definition) is 5. The molecule has 0 radical (unpaired) electrons. The summed E-state index contributed by atoms with van der Waals surface area (Å²) in [6.07, 6.45) is -2.00. The SMILES string of the molecule is NS(=O)(=O)NC[C@H]1O[C@@H](n2cnc3c(NCCOc4ccccc4)ncnc32)[C@H](O)[C@@H]1O. The molecule has 0 unspecified atom stereocenters.